The van der Waals surface area contributed by atoms with Gasteiger partial charge in [0.15, 0.2) is 0 Å². The highest BCUT2D eigenvalue weighted by molar-refractivity contribution is 5.78. The van der Waals surface area contributed by atoms with Gasteiger partial charge in [0, 0.05) is 19.5 Å². The molecule has 1 aliphatic rings. The third-order valence-corrected chi connectivity index (χ3v) is 4.84. The monoisotopic (exact) mass is 313 g/mol. The Balaban J connectivity index is 1.98. The molecular weight excluding hydrogens is 286 g/mol. The SMILES string of the molecule is CCCCCn1c([C@@H]2CCCN2C(=O)CC)nc2ccccc21. The van der Waals surface area contributed by atoms with Crippen molar-refractivity contribution in [2.75, 3.05) is 6.54 Å². The van der Waals surface area contributed by atoms with Crippen molar-refractivity contribution in [2.24, 2.45) is 0 Å². The van der Waals surface area contributed by atoms with Crippen LogP contribution in [0, 0.1) is 0 Å². The number of carbonyl (C=O) groups excluding carboxylic acids is 1. The largest absolute Gasteiger partial charge is 0.333 e. The molecule has 3 rings (SSSR count). The highest BCUT2D eigenvalue weighted by Crippen LogP contribution is 2.34. The summed E-state index contributed by atoms with van der Waals surface area (Å²) in [5.41, 5.74) is 2.25. The zero-order valence-corrected chi connectivity index (χ0v) is 14.3. The van der Waals surface area contributed by atoms with Crippen LogP contribution in [-0.4, -0.2) is 26.9 Å². The fourth-order valence-electron chi connectivity index (χ4n) is 3.64. The summed E-state index contributed by atoms with van der Waals surface area (Å²) in [5.74, 6) is 1.33. The van der Waals surface area contributed by atoms with Crippen LogP contribution < -0.4 is 0 Å². The number of carbonyl (C=O) groups is 1. The van der Waals surface area contributed by atoms with Crippen molar-refractivity contribution in [2.45, 2.75) is 65.0 Å². The van der Waals surface area contributed by atoms with Gasteiger partial charge in [-0.3, -0.25) is 4.79 Å². The molecule has 1 atom stereocenters. The summed E-state index contributed by atoms with van der Waals surface area (Å²) in [6.45, 7) is 6.04. The highest BCUT2D eigenvalue weighted by atomic mass is 16.2. The zero-order chi connectivity index (χ0) is 16.2. The average Bonchev–Trinajstić information content (AvgIpc) is 3.19. The van der Waals surface area contributed by atoms with E-state index >= 15 is 0 Å². The molecule has 0 N–H and O–H groups in total. The summed E-state index contributed by atoms with van der Waals surface area (Å²) in [6.07, 6.45) is 6.29. The van der Waals surface area contributed by atoms with Gasteiger partial charge < -0.3 is 9.47 Å². The maximum Gasteiger partial charge on any atom is 0.222 e. The number of nitrogens with zero attached hydrogens (tertiary/aromatic N) is 3. The van der Waals surface area contributed by atoms with Crippen LogP contribution in [0.2, 0.25) is 0 Å². The molecule has 4 heteroatoms. The number of likely N-dealkylation sites (tertiary alicyclic amines) is 1. The van der Waals surface area contributed by atoms with Crippen LogP contribution in [0.1, 0.15) is 64.2 Å². The number of aryl methyl sites for hydroxylation is 1. The van der Waals surface area contributed by atoms with Gasteiger partial charge in [-0.15, -0.1) is 0 Å². The second-order valence-electron chi connectivity index (χ2n) is 6.42. The lowest BCUT2D eigenvalue weighted by Gasteiger charge is -2.24. The fourth-order valence-corrected chi connectivity index (χ4v) is 3.64. The number of benzene rings is 1. The Labute approximate surface area is 138 Å². The van der Waals surface area contributed by atoms with Gasteiger partial charge in [0.05, 0.1) is 17.1 Å². The summed E-state index contributed by atoms with van der Waals surface area (Å²) < 4.78 is 2.36. The van der Waals surface area contributed by atoms with Crippen LogP contribution in [0.3, 0.4) is 0 Å². The normalized spacial score (nSPS) is 18.0. The molecule has 2 aromatic rings. The van der Waals surface area contributed by atoms with Crippen molar-refractivity contribution in [3.05, 3.63) is 30.1 Å². The molecule has 1 fully saturated rings. The highest BCUT2D eigenvalue weighted by Gasteiger charge is 2.32. The van der Waals surface area contributed by atoms with Crippen LogP contribution in [0.25, 0.3) is 11.0 Å². The van der Waals surface area contributed by atoms with E-state index in [-0.39, 0.29) is 11.9 Å². The van der Waals surface area contributed by atoms with E-state index in [9.17, 15) is 4.79 Å². The molecular formula is C19H27N3O. The molecule has 1 aromatic carbocycles. The van der Waals surface area contributed by atoms with Gasteiger partial charge in [0.2, 0.25) is 5.91 Å². The minimum absolute atomic E-state index is 0.150. The van der Waals surface area contributed by atoms with Gasteiger partial charge in [-0.2, -0.15) is 0 Å². The third kappa shape index (κ3) is 3.12. The molecule has 4 nitrogen and oxygen atoms in total. The van der Waals surface area contributed by atoms with Crippen LogP contribution >= 0.6 is 0 Å². The molecule has 0 radical (unpaired) electrons. The van der Waals surface area contributed by atoms with E-state index < -0.39 is 0 Å². The third-order valence-electron chi connectivity index (χ3n) is 4.84. The number of aromatic nitrogens is 2. The van der Waals surface area contributed by atoms with Crippen molar-refractivity contribution >= 4 is 16.9 Å². The van der Waals surface area contributed by atoms with Gasteiger partial charge in [-0.1, -0.05) is 38.8 Å². The molecule has 0 spiro atoms. The van der Waals surface area contributed by atoms with E-state index in [1.807, 2.05) is 17.9 Å². The Morgan fingerprint density at radius 3 is 2.87 bits per heavy atom. The Kier molecular flexibility index (Phi) is 4.99. The van der Waals surface area contributed by atoms with E-state index in [0.29, 0.717) is 6.42 Å². The molecule has 0 unspecified atom stereocenters. The molecule has 1 saturated heterocycles. The van der Waals surface area contributed by atoms with Crippen molar-refractivity contribution in [1.29, 1.82) is 0 Å². The average molecular weight is 313 g/mol. The van der Waals surface area contributed by atoms with Gasteiger partial charge >= 0.3 is 0 Å². The van der Waals surface area contributed by atoms with Crippen LogP contribution in [-0.2, 0) is 11.3 Å². The predicted octanol–water partition coefficient (Wildman–Crippen LogP) is 4.30. The fraction of sp³-hybridized carbons (Fsp3) is 0.579. The van der Waals surface area contributed by atoms with E-state index in [4.69, 9.17) is 4.98 Å². The van der Waals surface area contributed by atoms with Gasteiger partial charge in [0.25, 0.3) is 0 Å². The number of amides is 1. The second-order valence-corrected chi connectivity index (χ2v) is 6.42. The first-order valence-corrected chi connectivity index (χ1v) is 9.00. The molecule has 124 valence electrons. The quantitative estimate of drug-likeness (QED) is 0.746. The number of hydrogen-bond acceptors (Lipinski definition) is 2. The topological polar surface area (TPSA) is 38.1 Å². The van der Waals surface area contributed by atoms with E-state index in [0.717, 1.165) is 43.7 Å². The summed E-state index contributed by atoms with van der Waals surface area (Å²) in [5, 5.41) is 0. The standard InChI is InChI=1S/C19H27N3O/c1-3-5-8-13-22-16-11-7-6-10-15(16)20-19(22)17-12-9-14-21(17)18(23)4-2/h6-7,10-11,17H,3-5,8-9,12-14H2,1-2H3/t17-/m0/s1. The minimum atomic E-state index is 0.150. The smallest absolute Gasteiger partial charge is 0.222 e. The maximum absolute atomic E-state index is 12.3. The Morgan fingerprint density at radius 2 is 2.09 bits per heavy atom. The molecule has 23 heavy (non-hydrogen) atoms. The number of imidazole rings is 1. The first-order valence-electron chi connectivity index (χ1n) is 9.00. The van der Waals surface area contributed by atoms with Crippen molar-refractivity contribution in [3.8, 4) is 0 Å². The van der Waals surface area contributed by atoms with Crippen molar-refractivity contribution < 1.29 is 4.79 Å². The summed E-state index contributed by atoms with van der Waals surface area (Å²) >= 11 is 0. The minimum Gasteiger partial charge on any atom is -0.333 e. The zero-order valence-electron chi connectivity index (χ0n) is 14.3. The Bertz CT molecular complexity index is 676. The van der Waals surface area contributed by atoms with Crippen LogP contribution in [0.4, 0.5) is 0 Å². The lowest BCUT2D eigenvalue weighted by Crippen LogP contribution is -2.31. The molecule has 0 aliphatic carbocycles. The van der Waals surface area contributed by atoms with Gasteiger partial charge in [-0.05, 0) is 31.4 Å². The first kappa shape index (κ1) is 16.0. The van der Waals surface area contributed by atoms with Gasteiger partial charge in [-0.25, -0.2) is 4.98 Å². The summed E-state index contributed by atoms with van der Waals surface area (Å²) in [4.78, 5) is 19.2. The Hall–Kier alpha value is -1.84. The van der Waals surface area contributed by atoms with E-state index in [1.165, 1.54) is 18.4 Å². The van der Waals surface area contributed by atoms with Gasteiger partial charge in [0.1, 0.15) is 5.82 Å². The molecule has 0 saturated carbocycles. The molecule has 0 bridgehead atoms. The molecule has 1 aromatic heterocycles. The molecule has 1 amide bonds. The predicted molar refractivity (Wildman–Crippen MR) is 93.2 cm³/mol. The Morgan fingerprint density at radius 1 is 1.26 bits per heavy atom. The molecule has 1 aliphatic heterocycles. The number of unbranched alkanes of at least 4 members (excludes halogenated alkanes) is 2. The second kappa shape index (κ2) is 7.16. The maximum atomic E-state index is 12.3. The first-order chi connectivity index (χ1) is 11.3. The number of para-hydroxylation sites is 2. The summed E-state index contributed by atoms with van der Waals surface area (Å²) in [6, 6.07) is 8.50. The summed E-state index contributed by atoms with van der Waals surface area (Å²) in [7, 11) is 0. The lowest BCUT2D eigenvalue weighted by atomic mass is 10.2. The van der Waals surface area contributed by atoms with Crippen LogP contribution in [0.15, 0.2) is 24.3 Å². The lowest BCUT2D eigenvalue weighted by molar-refractivity contribution is -0.131. The number of fused-ring (bicyclic) bond motifs is 1. The van der Waals surface area contributed by atoms with Crippen molar-refractivity contribution in [1.82, 2.24) is 14.5 Å². The molecule has 2 heterocycles. The van der Waals surface area contributed by atoms with E-state index in [1.54, 1.807) is 0 Å². The number of hydrogen-bond donors (Lipinski definition) is 0. The van der Waals surface area contributed by atoms with Crippen LogP contribution in [0.5, 0.6) is 0 Å². The van der Waals surface area contributed by atoms with E-state index in [2.05, 4.69) is 29.7 Å². The van der Waals surface area contributed by atoms with Crippen molar-refractivity contribution in [3.63, 3.8) is 0 Å². The number of rotatable bonds is 6.